The number of hydrogen-bond donors (Lipinski definition) is 2. The van der Waals surface area contributed by atoms with Crippen LogP contribution in [0.15, 0.2) is 84.0 Å². The number of alkyl halides is 1. The normalized spacial score (nSPS) is 13.5. The molecule has 32 heavy (non-hydrogen) atoms. The van der Waals surface area contributed by atoms with Gasteiger partial charge < -0.3 is 10.3 Å². The lowest BCUT2D eigenvalue weighted by Gasteiger charge is -2.21. The first-order chi connectivity index (χ1) is 15.4. The Balaban J connectivity index is 1.65. The number of nitrogens with zero attached hydrogens (tertiary/aromatic N) is 1. The molecule has 0 bridgehead atoms. The maximum atomic E-state index is 15.3. The quantitative estimate of drug-likeness (QED) is 0.154. The molecule has 0 radical (unpaired) electrons. The monoisotopic (exact) mass is 453 g/mol. The molecule has 0 heterocycles. The molecular weight excluding hydrogens is 429 g/mol. The van der Waals surface area contributed by atoms with Gasteiger partial charge in [0.05, 0.1) is 5.71 Å². The molecule has 3 aromatic rings. The van der Waals surface area contributed by atoms with Crippen LogP contribution in [0.4, 0.5) is 4.39 Å². The minimum Gasteiger partial charge on any atom is -0.479 e. The Hall–Kier alpha value is -3.18. The maximum absolute atomic E-state index is 15.3. The number of carboxylic acids is 1. The van der Waals surface area contributed by atoms with E-state index < -0.39 is 18.1 Å². The van der Waals surface area contributed by atoms with Crippen molar-refractivity contribution in [2.45, 2.75) is 37.8 Å². The van der Waals surface area contributed by atoms with Crippen molar-refractivity contribution in [3.05, 3.63) is 95.0 Å². The van der Waals surface area contributed by atoms with Crippen LogP contribution in [0.3, 0.4) is 0 Å². The molecule has 0 aliphatic rings. The SMILES string of the molecule is O=C(O)C(F)(CCCCc1ccccc1)C/C(=N\O)c1ccc(-c2ccc(Cl)cc2)cc1. The number of halogens is 2. The lowest BCUT2D eigenvalue weighted by molar-refractivity contribution is -0.151. The van der Waals surface area contributed by atoms with Crippen LogP contribution in [-0.4, -0.2) is 27.7 Å². The number of aryl methyl sites for hydroxylation is 1. The number of oxime groups is 1. The summed E-state index contributed by atoms with van der Waals surface area (Å²) in [6.45, 7) is 0. The van der Waals surface area contributed by atoms with Crippen LogP contribution in [0.25, 0.3) is 11.1 Å². The molecule has 0 amide bonds. The highest BCUT2D eigenvalue weighted by Crippen LogP contribution is 2.28. The van der Waals surface area contributed by atoms with Gasteiger partial charge in [-0.05, 0) is 60.1 Å². The molecule has 0 aliphatic heterocycles. The maximum Gasteiger partial charge on any atom is 0.341 e. The number of hydrogen-bond acceptors (Lipinski definition) is 3. The second kappa shape index (κ2) is 10.9. The molecule has 0 fully saturated rings. The van der Waals surface area contributed by atoms with Crippen molar-refractivity contribution in [1.29, 1.82) is 0 Å². The molecule has 1 atom stereocenters. The summed E-state index contributed by atoms with van der Waals surface area (Å²) >= 11 is 5.92. The summed E-state index contributed by atoms with van der Waals surface area (Å²) in [6.07, 6.45) is 1.17. The predicted molar refractivity (Wildman–Crippen MR) is 125 cm³/mol. The molecule has 6 heteroatoms. The van der Waals surface area contributed by atoms with Crippen molar-refractivity contribution in [2.75, 3.05) is 0 Å². The minimum absolute atomic E-state index is 0.000570. The van der Waals surface area contributed by atoms with Gasteiger partial charge in [-0.2, -0.15) is 0 Å². The highest BCUT2D eigenvalue weighted by Gasteiger charge is 2.40. The van der Waals surface area contributed by atoms with E-state index in [1.807, 2.05) is 54.6 Å². The highest BCUT2D eigenvalue weighted by molar-refractivity contribution is 6.30. The van der Waals surface area contributed by atoms with Gasteiger partial charge >= 0.3 is 5.97 Å². The van der Waals surface area contributed by atoms with E-state index in [0.717, 1.165) is 23.1 Å². The fraction of sp³-hybridized carbons (Fsp3) is 0.231. The van der Waals surface area contributed by atoms with Gasteiger partial charge in [0, 0.05) is 11.4 Å². The molecule has 4 nitrogen and oxygen atoms in total. The summed E-state index contributed by atoms with van der Waals surface area (Å²) < 4.78 is 15.3. The molecule has 0 aliphatic carbocycles. The smallest absolute Gasteiger partial charge is 0.341 e. The van der Waals surface area contributed by atoms with Crippen molar-refractivity contribution < 1.29 is 19.5 Å². The lowest BCUT2D eigenvalue weighted by Crippen LogP contribution is -2.36. The van der Waals surface area contributed by atoms with Gasteiger partial charge in [0.1, 0.15) is 0 Å². The number of unbranched alkanes of at least 4 members (excludes halogenated alkanes) is 1. The Bertz CT molecular complexity index is 1050. The molecule has 0 saturated heterocycles. The third kappa shape index (κ3) is 6.17. The van der Waals surface area contributed by atoms with Crippen LogP contribution in [0.1, 0.15) is 36.8 Å². The summed E-state index contributed by atoms with van der Waals surface area (Å²) in [6, 6.07) is 24.1. The third-order valence-electron chi connectivity index (χ3n) is 5.48. The first kappa shape index (κ1) is 23.5. The number of rotatable bonds is 10. The zero-order chi connectivity index (χ0) is 23.0. The van der Waals surface area contributed by atoms with E-state index in [0.29, 0.717) is 23.4 Å². The second-order valence-electron chi connectivity index (χ2n) is 7.77. The van der Waals surface area contributed by atoms with Crippen molar-refractivity contribution in [1.82, 2.24) is 0 Å². The minimum atomic E-state index is -2.51. The van der Waals surface area contributed by atoms with Crippen molar-refractivity contribution in [3.63, 3.8) is 0 Å². The van der Waals surface area contributed by atoms with Gasteiger partial charge in [0.25, 0.3) is 0 Å². The number of carboxylic acid groups (broad SMARTS) is 1. The molecule has 0 aromatic heterocycles. The molecule has 3 aromatic carbocycles. The van der Waals surface area contributed by atoms with Crippen LogP contribution in [0.2, 0.25) is 5.02 Å². The van der Waals surface area contributed by atoms with Crippen LogP contribution in [0, 0.1) is 0 Å². The summed E-state index contributed by atoms with van der Waals surface area (Å²) in [7, 11) is 0. The van der Waals surface area contributed by atoms with E-state index in [4.69, 9.17) is 11.6 Å². The number of aliphatic carboxylic acids is 1. The fourth-order valence-corrected chi connectivity index (χ4v) is 3.73. The van der Waals surface area contributed by atoms with Gasteiger partial charge in [0.15, 0.2) is 0 Å². The predicted octanol–water partition coefficient (Wildman–Crippen LogP) is 6.78. The Morgan fingerprint density at radius 3 is 2.06 bits per heavy atom. The van der Waals surface area contributed by atoms with E-state index in [1.54, 1.807) is 24.3 Å². The fourth-order valence-electron chi connectivity index (χ4n) is 3.61. The van der Waals surface area contributed by atoms with Crippen molar-refractivity contribution in [2.24, 2.45) is 5.16 Å². The van der Waals surface area contributed by atoms with Crippen LogP contribution >= 0.6 is 11.6 Å². The number of carbonyl (C=O) groups is 1. The van der Waals surface area contributed by atoms with Gasteiger partial charge in [-0.15, -0.1) is 0 Å². The van der Waals surface area contributed by atoms with Crippen LogP contribution < -0.4 is 0 Å². The number of benzene rings is 3. The Morgan fingerprint density at radius 2 is 1.50 bits per heavy atom. The zero-order valence-corrected chi connectivity index (χ0v) is 18.3. The zero-order valence-electron chi connectivity index (χ0n) is 17.5. The van der Waals surface area contributed by atoms with Crippen molar-refractivity contribution in [3.8, 4) is 11.1 Å². The Labute approximate surface area is 192 Å². The lowest BCUT2D eigenvalue weighted by atomic mass is 9.89. The molecule has 3 rings (SSSR count). The largest absolute Gasteiger partial charge is 0.479 e. The van der Waals surface area contributed by atoms with E-state index in [-0.39, 0.29) is 12.1 Å². The molecule has 2 N–H and O–H groups in total. The summed E-state index contributed by atoms with van der Waals surface area (Å²) in [5, 5.41) is 22.9. The van der Waals surface area contributed by atoms with E-state index in [9.17, 15) is 15.1 Å². The average Bonchev–Trinajstić information content (AvgIpc) is 2.81. The van der Waals surface area contributed by atoms with Gasteiger partial charge in [-0.25, -0.2) is 9.18 Å². The van der Waals surface area contributed by atoms with Crippen LogP contribution in [0.5, 0.6) is 0 Å². The van der Waals surface area contributed by atoms with Gasteiger partial charge in [-0.1, -0.05) is 83.5 Å². The molecule has 1 unspecified atom stereocenters. The van der Waals surface area contributed by atoms with Gasteiger partial charge in [0.2, 0.25) is 5.67 Å². The van der Waals surface area contributed by atoms with E-state index >= 15 is 4.39 Å². The summed E-state index contributed by atoms with van der Waals surface area (Å²) in [4.78, 5) is 11.7. The molecule has 0 saturated carbocycles. The van der Waals surface area contributed by atoms with Crippen LogP contribution in [-0.2, 0) is 11.2 Å². The summed E-state index contributed by atoms with van der Waals surface area (Å²) in [5.41, 5.74) is 0.956. The first-order valence-corrected chi connectivity index (χ1v) is 10.8. The topological polar surface area (TPSA) is 69.9 Å². The van der Waals surface area contributed by atoms with Crippen molar-refractivity contribution >= 4 is 23.3 Å². The second-order valence-corrected chi connectivity index (χ2v) is 8.21. The average molecular weight is 454 g/mol. The molecule has 166 valence electrons. The third-order valence-corrected chi connectivity index (χ3v) is 5.73. The Kier molecular flexibility index (Phi) is 8.01. The van der Waals surface area contributed by atoms with Gasteiger partial charge in [-0.3, -0.25) is 0 Å². The van der Waals surface area contributed by atoms with E-state index in [1.165, 1.54) is 0 Å². The summed E-state index contributed by atoms with van der Waals surface area (Å²) in [5.74, 6) is -1.55. The Morgan fingerprint density at radius 1 is 0.906 bits per heavy atom. The van der Waals surface area contributed by atoms with E-state index in [2.05, 4.69) is 5.16 Å². The standard InChI is InChI=1S/C26H25ClFNO3/c27-23-15-13-21(14-16-23)20-9-11-22(12-10-20)24(29-32)18-26(28,25(30)31)17-5-4-8-19-6-2-1-3-7-19/h1-3,6-7,9-16,32H,4-5,8,17-18H2,(H,30,31)/b29-24+. The molecule has 0 spiro atoms. The highest BCUT2D eigenvalue weighted by atomic mass is 35.5. The first-order valence-electron chi connectivity index (χ1n) is 10.4. The molecular formula is C26H25ClFNO3.